The molecule has 0 spiro atoms. The Labute approximate surface area is 130 Å². The van der Waals surface area contributed by atoms with Gasteiger partial charge in [-0.05, 0) is 45.5 Å². The number of nitrogens with zero attached hydrogens (tertiary/aromatic N) is 2. The Morgan fingerprint density at radius 2 is 2.15 bits per heavy atom. The highest BCUT2D eigenvalue weighted by atomic mass is 79.9. The van der Waals surface area contributed by atoms with Gasteiger partial charge in [-0.15, -0.1) is 0 Å². The minimum atomic E-state index is -3.88. The Hall–Kier alpha value is -1.23. The predicted octanol–water partition coefficient (Wildman–Crippen LogP) is 3.27. The molecule has 1 heterocycles. The second-order valence-corrected chi connectivity index (χ2v) is 7.40. The van der Waals surface area contributed by atoms with E-state index < -0.39 is 14.9 Å². The fourth-order valence-electron chi connectivity index (χ4n) is 1.22. The number of anilines is 1. The fourth-order valence-corrected chi connectivity index (χ4v) is 3.76. The van der Waals surface area contributed by atoms with E-state index in [1.807, 2.05) is 0 Å². The van der Waals surface area contributed by atoms with Gasteiger partial charge in [0.1, 0.15) is 6.20 Å². The maximum Gasteiger partial charge on any atom is 0.345 e. The molecule has 0 radical (unpaired) electrons. The average molecular weight is 399 g/mol. The molecule has 0 aliphatic rings. The van der Waals surface area contributed by atoms with Crippen LogP contribution in [0.3, 0.4) is 0 Å². The van der Waals surface area contributed by atoms with Crippen molar-refractivity contribution in [2.45, 2.75) is 4.90 Å². The van der Waals surface area contributed by atoms with Crippen LogP contribution in [0.2, 0.25) is 5.02 Å². The summed E-state index contributed by atoms with van der Waals surface area (Å²) in [6.07, 6.45) is 0.986. The van der Waals surface area contributed by atoms with Gasteiger partial charge in [0.2, 0.25) is 5.13 Å². The summed E-state index contributed by atoms with van der Waals surface area (Å²) in [5.41, 5.74) is 0. The molecule has 106 valence electrons. The quantitative estimate of drug-likeness (QED) is 0.629. The van der Waals surface area contributed by atoms with Crippen LogP contribution >= 0.6 is 38.9 Å². The first-order valence-electron chi connectivity index (χ1n) is 4.88. The molecule has 1 N–H and O–H groups in total. The van der Waals surface area contributed by atoms with Gasteiger partial charge in [0, 0.05) is 4.47 Å². The molecule has 2 rings (SSSR count). The highest BCUT2D eigenvalue weighted by Crippen LogP contribution is 2.29. The van der Waals surface area contributed by atoms with Crippen LogP contribution < -0.4 is 4.72 Å². The van der Waals surface area contributed by atoms with Crippen molar-refractivity contribution in [1.29, 1.82) is 0 Å². The number of aromatic nitrogens is 1. The SMILES string of the molecule is O=[N+]([O-])c1cnc(NS(=O)(=O)c2ccc(Cl)c(Br)c2)s1. The molecule has 2 aromatic rings. The molecular formula is C9H5BrClN3O4S2. The second-order valence-electron chi connectivity index (χ2n) is 3.44. The molecule has 1 aromatic heterocycles. The molecule has 1 aromatic carbocycles. The van der Waals surface area contributed by atoms with Gasteiger partial charge >= 0.3 is 5.00 Å². The third-order valence-electron chi connectivity index (χ3n) is 2.10. The molecule has 0 aliphatic carbocycles. The fraction of sp³-hybridized carbons (Fsp3) is 0. The third kappa shape index (κ3) is 3.26. The Morgan fingerprint density at radius 1 is 1.45 bits per heavy atom. The zero-order chi connectivity index (χ0) is 14.9. The van der Waals surface area contributed by atoms with Crippen LogP contribution in [-0.4, -0.2) is 18.3 Å². The number of sulfonamides is 1. The Kier molecular flexibility index (Phi) is 4.28. The van der Waals surface area contributed by atoms with Crippen molar-refractivity contribution < 1.29 is 13.3 Å². The lowest BCUT2D eigenvalue weighted by atomic mass is 10.4. The number of nitro groups is 1. The van der Waals surface area contributed by atoms with E-state index in [0.29, 0.717) is 20.8 Å². The first kappa shape index (κ1) is 15.2. The number of halogens is 2. The summed E-state index contributed by atoms with van der Waals surface area (Å²) in [7, 11) is -3.88. The Balaban J connectivity index is 2.30. The monoisotopic (exact) mass is 397 g/mol. The van der Waals surface area contributed by atoms with Crippen LogP contribution in [0.15, 0.2) is 33.8 Å². The number of hydrogen-bond acceptors (Lipinski definition) is 6. The van der Waals surface area contributed by atoms with E-state index in [4.69, 9.17) is 11.6 Å². The van der Waals surface area contributed by atoms with E-state index in [1.54, 1.807) is 0 Å². The molecule has 0 fully saturated rings. The molecule has 0 saturated heterocycles. The van der Waals surface area contributed by atoms with Crippen molar-refractivity contribution in [1.82, 2.24) is 4.98 Å². The van der Waals surface area contributed by atoms with Crippen molar-refractivity contribution in [3.63, 3.8) is 0 Å². The minimum Gasteiger partial charge on any atom is -0.257 e. The molecule has 0 saturated carbocycles. The molecule has 11 heteroatoms. The van der Waals surface area contributed by atoms with E-state index in [-0.39, 0.29) is 15.0 Å². The molecule has 0 aliphatic heterocycles. The standard InChI is InChI=1S/C9H5BrClN3O4S2/c10-6-3-5(1-2-7(6)11)20(17,18)13-9-12-4-8(19-9)14(15)16/h1-4H,(H,12,13). The van der Waals surface area contributed by atoms with Crippen molar-refractivity contribution >= 4 is 59.0 Å². The molecule has 0 atom stereocenters. The van der Waals surface area contributed by atoms with Crippen LogP contribution in [0.4, 0.5) is 10.1 Å². The first-order valence-corrected chi connectivity index (χ1v) is 8.35. The summed E-state index contributed by atoms with van der Waals surface area (Å²) in [6.45, 7) is 0. The van der Waals surface area contributed by atoms with E-state index in [9.17, 15) is 18.5 Å². The van der Waals surface area contributed by atoms with Gasteiger partial charge in [-0.3, -0.25) is 14.8 Å². The van der Waals surface area contributed by atoms with Gasteiger partial charge in [0.05, 0.1) is 14.8 Å². The van der Waals surface area contributed by atoms with Crippen LogP contribution in [0.1, 0.15) is 0 Å². The summed E-state index contributed by atoms with van der Waals surface area (Å²) in [4.78, 5) is 13.5. The van der Waals surface area contributed by atoms with Gasteiger partial charge in [0.25, 0.3) is 10.0 Å². The highest BCUT2D eigenvalue weighted by molar-refractivity contribution is 9.10. The zero-order valence-corrected chi connectivity index (χ0v) is 13.4. The van der Waals surface area contributed by atoms with Crippen molar-refractivity contribution in [3.8, 4) is 0 Å². The lowest BCUT2D eigenvalue weighted by Crippen LogP contribution is -2.12. The molecule has 20 heavy (non-hydrogen) atoms. The summed E-state index contributed by atoms with van der Waals surface area (Å²) in [6, 6.07) is 4.06. The topological polar surface area (TPSA) is 102 Å². The molecular weight excluding hydrogens is 394 g/mol. The summed E-state index contributed by atoms with van der Waals surface area (Å²) >= 11 is 9.53. The number of nitrogens with one attached hydrogen (secondary N) is 1. The Morgan fingerprint density at radius 3 is 2.70 bits per heavy atom. The van der Waals surface area contributed by atoms with Gasteiger partial charge in [-0.2, -0.15) is 0 Å². The van der Waals surface area contributed by atoms with E-state index in [1.165, 1.54) is 18.2 Å². The van der Waals surface area contributed by atoms with Crippen molar-refractivity contribution in [2.75, 3.05) is 4.72 Å². The highest BCUT2D eigenvalue weighted by Gasteiger charge is 2.19. The normalized spacial score (nSPS) is 11.3. The van der Waals surface area contributed by atoms with E-state index >= 15 is 0 Å². The maximum absolute atomic E-state index is 12.1. The second kappa shape index (κ2) is 5.64. The van der Waals surface area contributed by atoms with Gasteiger partial charge < -0.3 is 0 Å². The number of hydrogen-bond donors (Lipinski definition) is 1. The molecule has 0 bridgehead atoms. The van der Waals surface area contributed by atoms with Crippen LogP contribution in [0.5, 0.6) is 0 Å². The first-order chi connectivity index (χ1) is 9.29. The minimum absolute atomic E-state index is 0.0355. The zero-order valence-electron chi connectivity index (χ0n) is 9.41. The lowest BCUT2D eigenvalue weighted by molar-refractivity contribution is -0.380. The number of benzene rings is 1. The van der Waals surface area contributed by atoms with Gasteiger partial charge in [-0.25, -0.2) is 13.4 Å². The number of thiazole rings is 1. The van der Waals surface area contributed by atoms with Crippen LogP contribution in [0.25, 0.3) is 0 Å². The molecule has 0 amide bonds. The number of rotatable bonds is 4. The lowest BCUT2D eigenvalue weighted by Gasteiger charge is -2.05. The predicted molar refractivity (Wildman–Crippen MR) is 78.7 cm³/mol. The summed E-state index contributed by atoms with van der Waals surface area (Å²) in [5, 5.41) is 10.5. The third-order valence-corrected chi connectivity index (χ3v) is 5.64. The maximum atomic E-state index is 12.1. The smallest absolute Gasteiger partial charge is 0.257 e. The van der Waals surface area contributed by atoms with Crippen LogP contribution in [-0.2, 0) is 10.0 Å². The van der Waals surface area contributed by atoms with Crippen molar-refractivity contribution in [3.05, 3.63) is 44.0 Å². The van der Waals surface area contributed by atoms with Crippen LogP contribution in [0, 0.1) is 10.1 Å². The molecule has 0 unspecified atom stereocenters. The molecule has 7 nitrogen and oxygen atoms in total. The van der Waals surface area contributed by atoms with E-state index in [2.05, 4.69) is 25.6 Å². The van der Waals surface area contributed by atoms with Crippen molar-refractivity contribution in [2.24, 2.45) is 0 Å². The average Bonchev–Trinajstić information content (AvgIpc) is 2.80. The largest absolute Gasteiger partial charge is 0.345 e. The Bertz CT molecular complexity index is 777. The summed E-state index contributed by atoms with van der Waals surface area (Å²) < 4.78 is 26.7. The van der Waals surface area contributed by atoms with Gasteiger partial charge in [0.15, 0.2) is 0 Å². The summed E-state index contributed by atoms with van der Waals surface area (Å²) in [5.74, 6) is 0. The van der Waals surface area contributed by atoms with Gasteiger partial charge in [-0.1, -0.05) is 11.6 Å². The van der Waals surface area contributed by atoms with E-state index in [0.717, 1.165) is 6.20 Å².